The third kappa shape index (κ3) is 4.71. The van der Waals surface area contributed by atoms with Crippen molar-refractivity contribution in [3.8, 4) is 0 Å². The van der Waals surface area contributed by atoms with Crippen molar-refractivity contribution in [1.82, 2.24) is 14.7 Å². The molecule has 0 unspecified atom stereocenters. The van der Waals surface area contributed by atoms with Crippen molar-refractivity contribution in [1.29, 1.82) is 0 Å². The fourth-order valence-electron chi connectivity index (χ4n) is 3.76. The van der Waals surface area contributed by atoms with Crippen LogP contribution in [-0.4, -0.2) is 74.1 Å². The first-order chi connectivity index (χ1) is 9.56. The van der Waals surface area contributed by atoms with Crippen LogP contribution in [0.5, 0.6) is 0 Å². The zero-order valence-corrected chi connectivity index (χ0v) is 14.1. The summed E-state index contributed by atoms with van der Waals surface area (Å²) in [5.74, 6) is 1.86. The van der Waals surface area contributed by atoms with E-state index in [1.807, 2.05) is 0 Å². The second-order valence-electron chi connectivity index (χ2n) is 7.44. The van der Waals surface area contributed by atoms with E-state index in [2.05, 4.69) is 42.6 Å². The number of likely N-dealkylation sites (N-methyl/N-ethyl adjacent to an activating group) is 2. The van der Waals surface area contributed by atoms with Gasteiger partial charge in [0.2, 0.25) is 0 Å². The molecule has 1 aliphatic carbocycles. The Morgan fingerprint density at radius 2 is 1.60 bits per heavy atom. The Balaban J connectivity index is 1.64. The molecular weight excluding hydrogens is 246 g/mol. The minimum atomic E-state index is 0.845. The molecule has 1 heterocycles. The maximum absolute atomic E-state index is 2.64. The third-order valence-corrected chi connectivity index (χ3v) is 5.67. The molecule has 3 nitrogen and oxygen atoms in total. The van der Waals surface area contributed by atoms with Crippen LogP contribution in [0.3, 0.4) is 0 Å². The summed E-state index contributed by atoms with van der Waals surface area (Å²) in [7, 11) is 4.58. The Morgan fingerprint density at radius 3 is 2.15 bits per heavy atom. The molecule has 0 amide bonds. The Labute approximate surface area is 126 Å². The highest BCUT2D eigenvalue weighted by Crippen LogP contribution is 2.31. The molecule has 0 bridgehead atoms. The normalized spacial score (nSPS) is 30.3. The highest BCUT2D eigenvalue weighted by molar-refractivity contribution is 4.80. The molecular formula is C17H35N3. The molecule has 1 saturated carbocycles. The fraction of sp³-hybridized carbons (Fsp3) is 1.00. The fourth-order valence-corrected chi connectivity index (χ4v) is 3.76. The van der Waals surface area contributed by atoms with Gasteiger partial charge in [-0.25, -0.2) is 0 Å². The maximum Gasteiger partial charge on any atom is 0.0110 e. The van der Waals surface area contributed by atoms with Gasteiger partial charge in [0.15, 0.2) is 0 Å². The molecule has 0 spiro atoms. The Kier molecular flexibility index (Phi) is 6.31. The molecule has 2 rings (SSSR count). The van der Waals surface area contributed by atoms with E-state index in [1.54, 1.807) is 0 Å². The average molecular weight is 281 g/mol. The summed E-state index contributed by atoms with van der Waals surface area (Å²) in [5, 5.41) is 0. The van der Waals surface area contributed by atoms with Crippen LogP contribution in [0.2, 0.25) is 0 Å². The van der Waals surface area contributed by atoms with Crippen molar-refractivity contribution in [3.63, 3.8) is 0 Å². The second-order valence-corrected chi connectivity index (χ2v) is 7.44. The molecule has 3 heteroatoms. The van der Waals surface area contributed by atoms with Crippen LogP contribution in [0.15, 0.2) is 0 Å². The molecule has 2 fully saturated rings. The standard InChI is InChI=1S/C17H35N3/c1-15(2)16-5-7-17(8-6-16)19(4)11-14-20-12-9-18(3)10-13-20/h15-17H,5-14H2,1-4H3. The van der Waals surface area contributed by atoms with Gasteiger partial charge in [-0.3, -0.25) is 4.90 Å². The van der Waals surface area contributed by atoms with Crippen LogP contribution in [-0.2, 0) is 0 Å². The van der Waals surface area contributed by atoms with Gasteiger partial charge in [0, 0.05) is 45.3 Å². The van der Waals surface area contributed by atoms with Gasteiger partial charge in [-0.1, -0.05) is 13.8 Å². The number of hydrogen-bond donors (Lipinski definition) is 0. The lowest BCUT2D eigenvalue weighted by atomic mass is 9.79. The van der Waals surface area contributed by atoms with Gasteiger partial charge in [0.1, 0.15) is 0 Å². The topological polar surface area (TPSA) is 9.72 Å². The molecule has 0 aromatic heterocycles. The zero-order chi connectivity index (χ0) is 14.5. The van der Waals surface area contributed by atoms with Gasteiger partial charge < -0.3 is 9.80 Å². The lowest BCUT2D eigenvalue weighted by Gasteiger charge is -2.38. The summed E-state index contributed by atoms with van der Waals surface area (Å²) in [6.45, 7) is 12.3. The van der Waals surface area contributed by atoms with E-state index >= 15 is 0 Å². The van der Waals surface area contributed by atoms with Crippen LogP contribution >= 0.6 is 0 Å². The minimum Gasteiger partial charge on any atom is -0.304 e. The van der Waals surface area contributed by atoms with Crippen molar-refractivity contribution in [3.05, 3.63) is 0 Å². The van der Waals surface area contributed by atoms with Crippen LogP contribution in [0.4, 0.5) is 0 Å². The number of nitrogens with zero attached hydrogens (tertiary/aromatic N) is 3. The predicted molar refractivity (Wildman–Crippen MR) is 87.2 cm³/mol. The van der Waals surface area contributed by atoms with Gasteiger partial charge in [-0.05, 0) is 51.6 Å². The van der Waals surface area contributed by atoms with E-state index in [1.165, 1.54) is 65.0 Å². The van der Waals surface area contributed by atoms with Crippen molar-refractivity contribution in [2.24, 2.45) is 11.8 Å². The zero-order valence-electron chi connectivity index (χ0n) is 14.1. The van der Waals surface area contributed by atoms with Gasteiger partial charge in [-0.15, -0.1) is 0 Å². The third-order valence-electron chi connectivity index (χ3n) is 5.67. The number of piperazine rings is 1. The first-order valence-corrected chi connectivity index (χ1v) is 8.67. The van der Waals surface area contributed by atoms with E-state index in [0.717, 1.165) is 17.9 Å². The summed E-state index contributed by atoms with van der Waals surface area (Å²) in [6.07, 6.45) is 5.73. The Bertz CT molecular complexity index is 263. The van der Waals surface area contributed by atoms with Gasteiger partial charge in [-0.2, -0.15) is 0 Å². The Morgan fingerprint density at radius 1 is 1.00 bits per heavy atom. The first kappa shape index (κ1) is 16.3. The molecule has 118 valence electrons. The monoisotopic (exact) mass is 281 g/mol. The predicted octanol–water partition coefficient (Wildman–Crippen LogP) is 2.38. The van der Waals surface area contributed by atoms with E-state index in [9.17, 15) is 0 Å². The quantitative estimate of drug-likeness (QED) is 0.766. The summed E-state index contributed by atoms with van der Waals surface area (Å²) < 4.78 is 0. The molecule has 0 N–H and O–H groups in total. The molecule has 20 heavy (non-hydrogen) atoms. The highest BCUT2D eigenvalue weighted by atomic mass is 15.3. The molecule has 0 aromatic rings. The van der Waals surface area contributed by atoms with Crippen LogP contribution in [0.25, 0.3) is 0 Å². The smallest absolute Gasteiger partial charge is 0.0110 e. The van der Waals surface area contributed by atoms with Gasteiger partial charge in [0.25, 0.3) is 0 Å². The second kappa shape index (κ2) is 7.77. The van der Waals surface area contributed by atoms with E-state index in [-0.39, 0.29) is 0 Å². The van der Waals surface area contributed by atoms with E-state index in [0.29, 0.717) is 0 Å². The first-order valence-electron chi connectivity index (χ1n) is 8.67. The van der Waals surface area contributed by atoms with Gasteiger partial charge in [0.05, 0.1) is 0 Å². The van der Waals surface area contributed by atoms with Crippen LogP contribution in [0.1, 0.15) is 39.5 Å². The molecule has 0 aromatic carbocycles. The lowest BCUT2D eigenvalue weighted by Crippen LogP contribution is -2.47. The van der Waals surface area contributed by atoms with Gasteiger partial charge >= 0.3 is 0 Å². The SMILES string of the molecule is CC(C)C1CCC(N(C)CCN2CCN(C)CC2)CC1. The number of rotatable bonds is 5. The summed E-state index contributed by atoms with van der Waals surface area (Å²) in [5.41, 5.74) is 0. The molecule has 0 radical (unpaired) electrons. The lowest BCUT2D eigenvalue weighted by molar-refractivity contribution is 0.109. The van der Waals surface area contributed by atoms with Crippen molar-refractivity contribution in [2.45, 2.75) is 45.6 Å². The molecule has 0 atom stereocenters. The van der Waals surface area contributed by atoms with Crippen molar-refractivity contribution in [2.75, 3.05) is 53.4 Å². The summed E-state index contributed by atoms with van der Waals surface area (Å²) in [4.78, 5) is 7.71. The Hall–Kier alpha value is -0.120. The molecule has 1 saturated heterocycles. The largest absolute Gasteiger partial charge is 0.304 e. The summed E-state index contributed by atoms with van der Waals surface area (Å²) in [6, 6.07) is 0.845. The van der Waals surface area contributed by atoms with E-state index in [4.69, 9.17) is 0 Å². The van der Waals surface area contributed by atoms with Crippen LogP contribution < -0.4 is 0 Å². The average Bonchev–Trinajstić information content (AvgIpc) is 2.46. The number of hydrogen-bond acceptors (Lipinski definition) is 3. The molecule has 2 aliphatic rings. The van der Waals surface area contributed by atoms with Crippen LogP contribution in [0, 0.1) is 11.8 Å². The highest BCUT2D eigenvalue weighted by Gasteiger charge is 2.25. The van der Waals surface area contributed by atoms with Crippen molar-refractivity contribution < 1.29 is 0 Å². The maximum atomic E-state index is 2.64. The van der Waals surface area contributed by atoms with Crippen molar-refractivity contribution >= 4 is 0 Å². The molecule has 1 aliphatic heterocycles. The minimum absolute atomic E-state index is 0.845. The van der Waals surface area contributed by atoms with E-state index < -0.39 is 0 Å². The summed E-state index contributed by atoms with van der Waals surface area (Å²) >= 11 is 0.